The number of carboxylic acid groups (broad SMARTS) is 2. The van der Waals surface area contributed by atoms with Crippen LogP contribution >= 0.6 is 0 Å². The van der Waals surface area contributed by atoms with Crippen LogP contribution in [0.2, 0.25) is 0 Å². The number of carbonyl (C=O) groups excluding carboxylic acids is 11. The van der Waals surface area contributed by atoms with E-state index in [0.29, 0.717) is 78.9 Å². The number of anilines is 8. The summed E-state index contributed by atoms with van der Waals surface area (Å²) in [6, 6.07) is 58.5. The number of Topliss-reactive ketones (excluding diaryl/α,β-unsaturated/α-hetero) is 5. The first-order chi connectivity index (χ1) is 59.9. The van der Waals surface area contributed by atoms with Gasteiger partial charge in [-0.1, -0.05) is 122 Å². The number of methoxy groups -OCH3 is 1. The molecule has 0 heterocycles. The molecule has 0 fully saturated rings. The molecule has 0 aliphatic heterocycles. The van der Waals surface area contributed by atoms with E-state index in [1.807, 2.05) is 55.5 Å². The number of aromatic hydroxyl groups is 3. The lowest BCUT2D eigenvalue weighted by atomic mass is 9.87. The molecule has 0 aromatic heterocycles. The lowest BCUT2D eigenvalue weighted by Gasteiger charge is -2.18. The molecule has 10 N–H and O–H groups in total. The highest BCUT2D eigenvalue weighted by Gasteiger charge is 2.21. The van der Waals surface area contributed by atoms with Gasteiger partial charge in [0.2, 0.25) is 28.9 Å². The maximum atomic E-state index is 11.8. The minimum atomic E-state index is -1.25. The highest BCUT2D eigenvalue weighted by molar-refractivity contribution is 6.41. The van der Waals surface area contributed by atoms with Gasteiger partial charge in [-0.2, -0.15) is 0 Å². The number of phenols is 3. The Bertz CT molecular complexity index is 6220. The summed E-state index contributed by atoms with van der Waals surface area (Å²) in [4.78, 5) is 151. The normalized spacial score (nSPS) is 9.83. The van der Waals surface area contributed by atoms with Crippen molar-refractivity contribution in [2.24, 2.45) is 0 Å². The number of ketones is 5. The van der Waals surface area contributed by atoms with Crippen LogP contribution in [0.1, 0.15) is 153 Å². The number of ether oxygens (including phenoxy) is 1. The lowest BCUT2D eigenvalue weighted by Crippen LogP contribution is -2.19. The monoisotopic (exact) mass is 1710 g/mol. The number of rotatable bonds is 16. The van der Waals surface area contributed by atoms with Gasteiger partial charge in [0, 0.05) is 179 Å². The van der Waals surface area contributed by atoms with Gasteiger partial charge in [-0.05, 0) is 170 Å². The van der Waals surface area contributed by atoms with E-state index >= 15 is 0 Å². The number of phenolic OH excluding ortho intramolecular Hbond substituents is 1. The second kappa shape index (κ2) is 46.6. The Morgan fingerprint density at radius 2 is 0.551 bits per heavy atom. The fraction of sp³-hybridized carbons (Fsp3) is 0.170. The van der Waals surface area contributed by atoms with Crippen molar-refractivity contribution in [1.29, 1.82) is 0 Å². The van der Waals surface area contributed by atoms with E-state index in [0.717, 1.165) is 22.3 Å². The number of amides is 5. The zero-order valence-corrected chi connectivity index (χ0v) is 72.4. The van der Waals surface area contributed by atoms with Crippen molar-refractivity contribution < 1.29 is 92.6 Å². The molecule has 0 spiro atoms. The Hall–Kier alpha value is -17.1. The fourth-order valence-electron chi connectivity index (χ4n) is 10.5. The second-order valence-electron chi connectivity index (χ2n) is 29.3. The van der Waals surface area contributed by atoms with Crippen LogP contribution in [-0.2, 0) is 58.1 Å². The topological polar surface area (TPSA) is 402 Å². The van der Waals surface area contributed by atoms with Crippen molar-refractivity contribution in [3.8, 4) is 76.5 Å². The number of aromatic carboxylic acids is 2. The van der Waals surface area contributed by atoms with Crippen LogP contribution in [0, 0.1) is 66.1 Å². The highest BCUT2D eigenvalue weighted by atomic mass is 16.5. The SMILES string of the molecule is CC(=O)C(=O)Nc1ccc(C#Cc2cc(C(=O)O)c(O)cc2N(C)C)cc1.CC(=O)C(=O)Nc1ccc(C#Cc2ccc(C(C)(C)C)cc2)cc1.CC(=O)C(=O)Nc1ccc(C#Cc2ccc(C)cc2)cc1.CC(=O)C(=O)Nc1cccc(C#Cc2cc(C(=O)O)c(O)cc2N(C)C)c1.COC(=O)c1cc(C#Cc2cccc(NC(=O)C(C)=O)c2)c(N(C)C)cc1O. The molecule has 0 aliphatic rings. The van der Waals surface area contributed by atoms with E-state index in [2.05, 4.69) is 123 Å². The van der Waals surface area contributed by atoms with Crippen LogP contribution in [-0.4, -0.2) is 151 Å². The average Bonchev–Trinajstić information content (AvgIpc) is 0.820. The Morgan fingerprint density at radius 1 is 0.307 bits per heavy atom. The van der Waals surface area contributed by atoms with Crippen LogP contribution in [0.15, 0.2) is 206 Å². The smallest absolute Gasteiger partial charge is 0.341 e. The van der Waals surface area contributed by atoms with Gasteiger partial charge >= 0.3 is 17.9 Å². The number of esters is 1. The fourth-order valence-corrected chi connectivity index (χ4v) is 10.5. The Kier molecular flexibility index (Phi) is 36.3. The molecule has 0 saturated carbocycles. The number of carbonyl (C=O) groups is 13. The molecule has 10 aromatic rings. The summed E-state index contributed by atoms with van der Waals surface area (Å²) in [5, 5.41) is 60.6. The molecule has 27 heteroatoms. The lowest BCUT2D eigenvalue weighted by molar-refractivity contribution is -0.133. The van der Waals surface area contributed by atoms with Crippen LogP contribution in [0.3, 0.4) is 0 Å². The van der Waals surface area contributed by atoms with E-state index in [4.69, 9.17) is 5.11 Å². The highest BCUT2D eigenvalue weighted by Crippen LogP contribution is 2.32. The van der Waals surface area contributed by atoms with Crippen LogP contribution in [0.25, 0.3) is 0 Å². The number of aryl methyl sites for hydroxylation is 1. The molecule has 646 valence electrons. The molecule has 0 unspecified atom stereocenters. The van der Waals surface area contributed by atoms with E-state index in [-0.39, 0.29) is 39.4 Å². The van der Waals surface area contributed by atoms with Crippen molar-refractivity contribution in [3.63, 3.8) is 0 Å². The van der Waals surface area contributed by atoms with Crippen molar-refractivity contribution in [3.05, 3.63) is 290 Å². The van der Waals surface area contributed by atoms with Gasteiger partial charge in [-0.3, -0.25) is 47.9 Å². The molecular formula is C100H92N8O19. The minimum absolute atomic E-state index is 0.0138. The van der Waals surface area contributed by atoms with Crippen LogP contribution < -0.4 is 41.3 Å². The van der Waals surface area contributed by atoms with Gasteiger partial charge in [0.1, 0.15) is 33.9 Å². The first-order valence-electron chi connectivity index (χ1n) is 38.5. The maximum absolute atomic E-state index is 11.8. The molecule has 0 atom stereocenters. The van der Waals surface area contributed by atoms with Gasteiger partial charge < -0.3 is 71.6 Å². The summed E-state index contributed by atoms with van der Waals surface area (Å²) in [6.45, 7) is 14.6. The largest absolute Gasteiger partial charge is 0.507 e. The summed E-state index contributed by atoms with van der Waals surface area (Å²) in [5.41, 5.74) is 13.2. The van der Waals surface area contributed by atoms with Crippen molar-refractivity contribution in [2.75, 3.05) is 90.7 Å². The van der Waals surface area contributed by atoms with Gasteiger partial charge in [-0.15, -0.1) is 0 Å². The zero-order valence-electron chi connectivity index (χ0n) is 72.4. The number of hydrogen-bond donors (Lipinski definition) is 10. The summed E-state index contributed by atoms with van der Waals surface area (Å²) in [5.74, 6) is 19.7. The van der Waals surface area contributed by atoms with E-state index in [9.17, 15) is 82.8 Å². The number of hydrogen-bond acceptors (Lipinski definition) is 20. The first kappa shape index (κ1) is 98.7. The standard InChI is InChI=1S/C21H20N2O5.C21H21NO2.2C20H18N2O5.C18H15NO2/c1-13(24)20(26)22-16-7-5-6-14(10-16)8-9-15-11-17(21(27)28-4)19(25)12-18(15)23(2)3;1-15(23)20(24)22-19-13-9-17(10-14-19)6-5-16-7-11-18(12-8-16)21(2,3)4;1-12(23)19(25)21-15-8-5-13(6-9-15)4-7-14-10-16(20(26)27)18(24)11-17(14)22(2)3;1-12(23)19(25)21-15-6-4-5-13(9-15)7-8-14-10-16(20(26)27)18(24)11-17(14)22(2)3;1-13-3-5-15(6-4-13)7-8-16-9-11-17(12-10-16)19-18(21)14(2)20/h5-7,10-12,25H,1-4H3,(H,22,26);7-14H,1-4H3,(H,22,24);5-6,8-11,24H,1-3H3,(H,21,25)(H,26,27);4-6,9-11,24H,1-3H3,(H,21,25)(H,26,27);3-6,9-12H,1-2H3,(H,19,21). The molecule has 0 saturated heterocycles. The first-order valence-corrected chi connectivity index (χ1v) is 38.5. The summed E-state index contributed by atoms with van der Waals surface area (Å²) < 4.78 is 4.68. The van der Waals surface area contributed by atoms with E-state index in [1.165, 1.54) is 89.3 Å². The third-order valence-electron chi connectivity index (χ3n) is 17.5. The Balaban J connectivity index is 0.000000246. The molecule has 0 radical (unpaired) electrons. The van der Waals surface area contributed by atoms with Crippen molar-refractivity contribution in [1.82, 2.24) is 0 Å². The molecule has 127 heavy (non-hydrogen) atoms. The van der Waals surface area contributed by atoms with E-state index in [1.54, 1.807) is 166 Å². The average molecular weight is 1710 g/mol. The third kappa shape index (κ3) is 31.8. The second-order valence-corrected chi connectivity index (χ2v) is 29.3. The number of benzene rings is 10. The van der Waals surface area contributed by atoms with E-state index < -0.39 is 76.4 Å². The van der Waals surface area contributed by atoms with Gasteiger partial charge in [-0.25, -0.2) is 14.4 Å². The van der Waals surface area contributed by atoms with Crippen LogP contribution in [0.4, 0.5) is 45.5 Å². The minimum Gasteiger partial charge on any atom is -0.507 e. The Morgan fingerprint density at radius 3 is 0.811 bits per heavy atom. The number of carboxylic acids is 2. The summed E-state index contributed by atoms with van der Waals surface area (Å²) in [7, 11) is 11.8. The van der Waals surface area contributed by atoms with Crippen LogP contribution in [0.5, 0.6) is 17.2 Å². The quantitative estimate of drug-likeness (QED) is 0.0244. The van der Waals surface area contributed by atoms with Gasteiger partial charge in [0.15, 0.2) is 0 Å². The molecule has 10 aromatic carbocycles. The molecule has 27 nitrogen and oxygen atoms in total. The predicted molar refractivity (Wildman–Crippen MR) is 488 cm³/mol. The molecule has 5 amide bonds. The van der Waals surface area contributed by atoms with Gasteiger partial charge in [0.25, 0.3) is 29.5 Å². The third-order valence-corrected chi connectivity index (χ3v) is 17.5. The molecule has 0 bridgehead atoms. The Labute approximate surface area is 735 Å². The molecular weight excluding hydrogens is 1620 g/mol. The summed E-state index contributed by atoms with van der Waals surface area (Å²) in [6.07, 6.45) is 0. The maximum Gasteiger partial charge on any atom is 0.341 e. The zero-order chi connectivity index (χ0) is 94.1. The molecule has 10 rings (SSSR count). The van der Waals surface area contributed by atoms with Gasteiger partial charge in [0.05, 0.1) is 24.2 Å². The number of nitrogens with one attached hydrogen (secondary N) is 5. The molecule has 0 aliphatic carbocycles. The van der Waals surface area contributed by atoms with Crippen molar-refractivity contribution >= 4 is 122 Å². The summed E-state index contributed by atoms with van der Waals surface area (Å²) >= 11 is 0. The van der Waals surface area contributed by atoms with Crippen molar-refractivity contribution in [2.45, 2.75) is 67.7 Å². The predicted octanol–water partition coefficient (Wildman–Crippen LogP) is 13.2. The number of nitrogens with zero attached hydrogens (tertiary/aromatic N) is 3.